The number of nitrogens with one attached hydrogen (secondary N) is 1. The zero-order chi connectivity index (χ0) is 11.5. The van der Waals surface area contributed by atoms with E-state index in [4.69, 9.17) is 10.3 Å². The summed E-state index contributed by atoms with van der Waals surface area (Å²) < 4.78 is 4.90. The van der Waals surface area contributed by atoms with Crippen LogP contribution < -0.4 is 11.1 Å². The van der Waals surface area contributed by atoms with E-state index in [-0.39, 0.29) is 17.9 Å². The number of hydrogen-bond acceptors (Lipinski definition) is 4. The van der Waals surface area contributed by atoms with Gasteiger partial charge in [0, 0.05) is 12.1 Å². The van der Waals surface area contributed by atoms with Crippen LogP contribution in [-0.4, -0.2) is 17.1 Å². The van der Waals surface area contributed by atoms with Crippen LogP contribution in [0.4, 0.5) is 0 Å². The fourth-order valence-corrected chi connectivity index (χ4v) is 1.73. The van der Waals surface area contributed by atoms with Crippen molar-refractivity contribution >= 4 is 5.91 Å². The van der Waals surface area contributed by atoms with Crippen molar-refractivity contribution in [1.82, 2.24) is 10.5 Å². The molecule has 0 fully saturated rings. The molecule has 0 aliphatic heterocycles. The minimum atomic E-state index is -0.108. The Morgan fingerprint density at radius 2 is 2.50 bits per heavy atom. The Bertz CT molecular complexity index is 411. The zero-order valence-electron chi connectivity index (χ0n) is 9.14. The molecule has 1 aromatic rings. The van der Waals surface area contributed by atoms with Crippen molar-refractivity contribution in [2.24, 2.45) is 11.7 Å². The first kappa shape index (κ1) is 10.9. The monoisotopic (exact) mass is 221 g/mol. The lowest BCUT2D eigenvalue weighted by Crippen LogP contribution is -2.30. The van der Waals surface area contributed by atoms with Crippen molar-refractivity contribution in [3.05, 3.63) is 29.7 Å². The third kappa shape index (κ3) is 2.49. The van der Waals surface area contributed by atoms with Crippen LogP contribution in [0.15, 0.2) is 22.7 Å². The maximum atomic E-state index is 11.7. The van der Waals surface area contributed by atoms with E-state index in [1.165, 1.54) is 0 Å². The van der Waals surface area contributed by atoms with E-state index >= 15 is 0 Å². The molecular formula is C11H15N3O2. The minimum absolute atomic E-state index is 0.00467. The van der Waals surface area contributed by atoms with E-state index in [1.54, 1.807) is 6.07 Å². The first-order chi connectivity index (χ1) is 7.65. The fraction of sp³-hybridized carbons (Fsp3) is 0.455. The Kier molecular flexibility index (Phi) is 3.05. The summed E-state index contributed by atoms with van der Waals surface area (Å²) >= 11 is 0. The Morgan fingerprint density at radius 1 is 1.69 bits per heavy atom. The van der Waals surface area contributed by atoms with Gasteiger partial charge in [-0.2, -0.15) is 0 Å². The van der Waals surface area contributed by atoms with Crippen LogP contribution in [0.1, 0.15) is 17.9 Å². The third-order valence-electron chi connectivity index (χ3n) is 2.57. The molecule has 0 saturated heterocycles. The van der Waals surface area contributed by atoms with Gasteiger partial charge in [0.15, 0.2) is 0 Å². The van der Waals surface area contributed by atoms with Crippen LogP contribution in [0.25, 0.3) is 0 Å². The van der Waals surface area contributed by atoms with Gasteiger partial charge < -0.3 is 15.6 Å². The van der Waals surface area contributed by atoms with Crippen molar-refractivity contribution in [3.8, 4) is 0 Å². The molecule has 5 heteroatoms. The van der Waals surface area contributed by atoms with Gasteiger partial charge >= 0.3 is 0 Å². The average Bonchev–Trinajstić information content (AvgIpc) is 2.84. The molecule has 2 atom stereocenters. The molecule has 1 aromatic heterocycles. The number of carbonyl (C=O) groups is 1. The second-order valence-corrected chi connectivity index (χ2v) is 4.04. The van der Waals surface area contributed by atoms with Gasteiger partial charge in [-0.25, -0.2) is 0 Å². The summed E-state index contributed by atoms with van der Waals surface area (Å²) in [7, 11) is 0. The predicted molar refractivity (Wildman–Crippen MR) is 58.3 cm³/mol. The van der Waals surface area contributed by atoms with Gasteiger partial charge in [-0.3, -0.25) is 4.79 Å². The van der Waals surface area contributed by atoms with E-state index in [2.05, 4.69) is 10.5 Å². The Hall–Kier alpha value is -1.62. The second-order valence-electron chi connectivity index (χ2n) is 4.04. The number of aromatic nitrogens is 1. The maximum absolute atomic E-state index is 11.7. The number of nitrogens with two attached hydrogens (primary N) is 1. The molecule has 2 unspecified atom stereocenters. The number of rotatable bonds is 3. The van der Waals surface area contributed by atoms with Crippen molar-refractivity contribution < 1.29 is 9.32 Å². The molecule has 16 heavy (non-hydrogen) atoms. The summed E-state index contributed by atoms with van der Waals surface area (Å²) in [5.74, 6) is 0.625. The molecule has 0 bridgehead atoms. The molecule has 3 N–H and O–H groups in total. The van der Waals surface area contributed by atoms with E-state index in [0.29, 0.717) is 13.0 Å². The number of aryl methyl sites for hydroxylation is 1. The lowest BCUT2D eigenvalue weighted by Gasteiger charge is -2.08. The molecule has 2 rings (SSSR count). The quantitative estimate of drug-likeness (QED) is 0.728. The molecule has 0 spiro atoms. The van der Waals surface area contributed by atoms with Crippen LogP contribution >= 0.6 is 0 Å². The minimum Gasteiger partial charge on any atom is -0.361 e. The normalized spacial score (nSPS) is 23.6. The van der Waals surface area contributed by atoms with E-state index < -0.39 is 0 Å². The van der Waals surface area contributed by atoms with Gasteiger partial charge in [-0.05, 0) is 13.3 Å². The molecule has 1 heterocycles. The Morgan fingerprint density at radius 3 is 3.06 bits per heavy atom. The summed E-state index contributed by atoms with van der Waals surface area (Å²) in [6, 6.07) is 1.81. The van der Waals surface area contributed by atoms with E-state index in [0.717, 1.165) is 11.5 Å². The SMILES string of the molecule is Cc1cc(CNC(=O)C2C=CC(N)C2)no1. The number of hydrogen-bond donors (Lipinski definition) is 2. The fourth-order valence-electron chi connectivity index (χ4n) is 1.73. The Labute approximate surface area is 93.7 Å². The molecule has 1 aliphatic carbocycles. The summed E-state index contributed by atoms with van der Waals surface area (Å²) in [6.45, 7) is 2.22. The van der Waals surface area contributed by atoms with Crippen molar-refractivity contribution in [1.29, 1.82) is 0 Å². The van der Waals surface area contributed by atoms with Gasteiger partial charge in [0.1, 0.15) is 11.5 Å². The zero-order valence-corrected chi connectivity index (χ0v) is 9.14. The first-order valence-electron chi connectivity index (χ1n) is 5.29. The Balaban J connectivity index is 1.82. The van der Waals surface area contributed by atoms with Crippen LogP contribution in [0.5, 0.6) is 0 Å². The largest absolute Gasteiger partial charge is 0.361 e. The van der Waals surface area contributed by atoms with Crippen LogP contribution in [-0.2, 0) is 11.3 Å². The maximum Gasteiger partial charge on any atom is 0.227 e. The van der Waals surface area contributed by atoms with Gasteiger partial charge in [0.05, 0.1) is 12.5 Å². The average molecular weight is 221 g/mol. The first-order valence-corrected chi connectivity index (χ1v) is 5.29. The van der Waals surface area contributed by atoms with Gasteiger partial charge in [-0.1, -0.05) is 17.3 Å². The second kappa shape index (κ2) is 4.49. The van der Waals surface area contributed by atoms with Crippen molar-refractivity contribution in [3.63, 3.8) is 0 Å². The van der Waals surface area contributed by atoms with Gasteiger partial charge in [-0.15, -0.1) is 0 Å². The highest BCUT2D eigenvalue weighted by Crippen LogP contribution is 2.16. The summed E-state index contributed by atoms with van der Waals surface area (Å²) in [5.41, 5.74) is 6.41. The topological polar surface area (TPSA) is 81.2 Å². The molecule has 5 nitrogen and oxygen atoms in total. The molecular weight excluding hydrogens is 206 g/mol. The molecule has 1 amide bonds. The predicted octanol–water partition coefficient (Wildman–Crippen LogP) is 0.503. The lowest BCUT2D eigenvalue weighted by atomic mass is 10.1. The standard InChI is InChI=1S/C11H15N3O2/c1-7-4-10(14-16-7)6-13-11(15)8-2-3-9(12)5-8/h2-4,8-9H,5-6,12H2,1H3,(H,13,15). The summed E-state index contributed by atoms with van der Waals surface area (Å²) in [5, 5.41) is 6.60. The van der Waals surface area contributed by atoms with E-state index in [1.807, 2.05) is 19.1 Å². The summed E-state index contributed by atoms with van der Waals surface area (Å²) in [6.07, 6.45) is 4.40. The highest BCUT2D eigenvalue weighted by molar-refractivity contribution is 5.80. The van der Waals surface area contributed by atoms with Crippen molar-refractivity contribution in [2.45, 2.75) is 25.9 Å². The molecule has 0 saturated carbocycles. The summed E-state index contributed by atoms with van der Waals surface area (Å²) in [4.78, 5) is 11.7. The molecule has 0 aromatic carbocycles. The highest BCUT2D eigenvalue weighted by atomic mass is 16.5. The van der Waals surface area contributed by atoms with Crippen LogP contribution in [0, 0.1) is 12.8 Å². The third-order valence-corrected chi connectivity index (χ3v) is 2.57. The molecule has 0 radical (unpaired) electrons. The van der Waals surface area contributed by atoms with Gasteiger partial charge in [0.25, 0.3) is 0 Å². The molecule has 86 valence electrons. The molecule has 1 aliphatic rings. The highest BCUT2D eigenvalue weighted by Gasteiger charge is 2.22. The number of nitrogens with zero attached hydrogens (tertiary/aromatic N) is 1. The number of carbonyl (C=O) groups excluding carboxylic acids is 1. The van der Waals surface area contributed by atoms with Crippen molar-refractivity contribution in [2.75, 3.05) is 0 Å². The van der Waals surface area contributed by atoms with Gasteiger partial charge in [0.2, 0.25) is 5.91 Å². The lowest BCUT2D eigenvalue weighted by molar-refractivity contribution is -0.123. The van der Waals surface area contributed by atoms with E-state index in [9.17, 15) is 4.79 Å². The smallest absolute Gasteiger partial charge is 0.227 e. The van der Waals surface area contributed by atoms with Crippen LogP contribution in [0.3, 0.4) is 0 Å². The number of amides is 1. The van der Waals surface area contributed by atoms with Crippen LogP contribution in [0.2, 0.25) is 0 Å².